The molecule has 0 aromatic carbocycles. The van der Waals surface area contributed by atoms with Crippen molar-refractivity contribution in [2.45, 2.75) is 32.4 Å². The van der Waals surface area contributed by atoms with Crippen LogP contribution in [0.2, 0.25) is 0 Å². The normalized spacial score (nSPS) is 17.7. The van der Waals surface area contributed by atoms with Crippen LogP contribution in [0.15, 0.2) is 12.4 Å². The Morgan fingerprint density at radius 2 is 2.47 bits per heavy atom. The average molecular weight is 225 g/mol. The maximum atomic E-state index is 4.35. The van der Waals surface area contributed by atoms with Crippen LogP contribution in [0.25, 0.3) is 0 Å². The Morgan fingerprint density at radius 1 is 1.67 bits per heavy atom. The molecule has 1 fully saturated rings. The number of thioether (sulfide) groups is 1. The van der Waals surface area contributed by atoms with Crippen molar-refractivity contribution >= 4 is 17.7 Å². The van der Waals surface area contributed by atoms with Gasteiger partial charge < -0.3 is 9.88 Å². The van der Waals surface area contributed by atoms with Crippen molar-refractivity contribution in [3.63, 3.8) is 0 Å². The third-order valence-corrected chi connectivity index (χ3v) is 3.49. The van der Waals surface area contributed by atoms with Crippen molar-refractivity contribution in [1.82, 2.24) is 9.55 Å². The van der Waals surface area contributed by atoms with E-state index in [1.54, 1.807) is 0 Å². The lowest BCUT2D eigenvalue weighted by molar-refractivity contribution is 0.534. The zero-order valence-corrected chi connectivity index (χ0v) is 10.3. The van der Waals surface area contributed by atoms with E-state index in [1.165, 1.54) is 18.6 Å². The summed E-state index contributed by atoms with van der Waals surface area (Å²) < 4.78 is 2.24. The highest BCUT2D eigenvalue weighted by Crippen LogP contribution is 2.24. The number of imidazole rings is 1. The summed E-state index contributed by atoms with van der Waals surface area (Å²) in [4.78, 5) is 4.35. The maximum Gasteiger partial charge on any atom is 0.202 e. The highest BCUT2D eigenvalue weighted by molar-refractivity contribution is 7.98. The summed E-state index contributed by atoms with van der Waals surface area (Å²) >= 11 is 1.91. The molecule has 3 nitrogen and oxygen atoms in total. The number of anilines is 1. The number of nitrogens with zero attached hydrogens (tertiary/aromatic N) is 2. The molecular formula is C11H19N3S. The van der Waals surface area contributed by atoms with Gasteiger partial charge in [0.1, 0.15) is 0 Å². The van der Waals surface area contributed by atoms with E-state index < -0.39 is 0 Å². The first kappa shape index (κ1) is 10.9. The lowest BCUT2D eigenvalue weighted by Crippen LogP contribution is -2.14. The average Bonchev–Trinajstić information content (AvgIpc) is 2.90. The first-order chi connectivity index (χ1) is 7.29. The maximum absolute atomic E-state index is 4.35. The Hall–Kier alpha value is -0.640. The third kappa shape index (κ3) is 3.16. The molecule has 1 aromatic heterocycles. The largest absolute Gasteiger partial charge is 0.353 e. The minimum atomic E-state index is 0.682. The zero-order valence-electron chi connectivity index (χ0n) is 9.44. The number of rotatable bonds is 6. The van der Waals surface area contributed by atoms with Crippen molar-refractivity contribution in [3.05, 3.63) is 12.4 Å². The molecule has 1 saturated carbocycles. The van der Waals surface area contributed by atoms with Gasteiger partial charge in [-0.3, -0.25) is 0 Å². The van der Waals surface area contributed by atoms with E-state index in [4.69, 9.17) is 0 Å². The zero-order chi connectivity index (χ0) is 10.7. The molecule has 0 aliphatic heterocycles. The van der Waals surface area contributed by atoms with Crippen LogP contribution in [0, 0.1) is 5.92 Å². The predicted molar refractivity (Wildman–Crippen MR) is 66.4 cm³/mol. The highest BCUT2D eigenvalue weighted by atomic mass is 32.2. The predicted octanol–water partition coefficient (Wildman–Crippen LogP) is 2.46. The van der Waals surface area contributed by atoms with Gasteiger partial charge in [0.05, 0.1) is 0 Å². The number of hydrogen-bond donors (Lipinski definition) is 1. The second kappa shape index (κ2) is 4.92. The Balaban J connectivity index is 1.91. The molecule has 1 atom stereocenters. The Labute approximate surface area is 95.7 Å². The second-order valence-corrected chi connectivity index (χ2v) is 5.29. The fourth-order valence-electron chi connectivity index (χ4n) is 1.68. The SMILES string of the molecule is CSCC(C)Cn1ccnc1NC1CC1. The van der Waals surface area contributed by atoms with Gasteiger partial charge in [0, 0.05) is 25.0 Å². The van der Waals surface area contributed by atoms with Gasteiger partial charge in [-0.05, 0) is 30.8 Å². The van der Waals surface area contributed by atoms with Gasteiger partial charge in [-0.25, -0.2) is 4.98 Å². The Kier molecular flexibility index (Phi) is 3.57. The van der Waals surface area contributed by atoms with Gasteiger partial charge in [-0.2, -0.15) is 11.8 Å². The summed E-state index contributed by atoms with van der Waals surface area (Å²) in [6.45, 7) is 3.35. The van der Waals surface area contributed by atoms with Gasteiger partial charge >= 0.3 is 0 Å². The van der Waals surface area contributed by atoms with Crippen molar-refractivity contribution in [1.29, 1.82) is 0 Å². The van der Waals surface area contributed by atoms with Crippen LogP contribution in [-0.2, 0) is 6.54 Å². The third-order valence-electron chi connectivity index (χ3n) is 2.59. The van der Waals surface area contributed by atoms with Gasteiger partial charge in [0.15, 0.2) is 0 Å². The summed E-state index contributed by atoms with van der Waals surface area (Å²) in [5, 5.41) is 3.46. The van der Waals surface area contributed by atoms with Crippen LogP contribution < -0.4 is 5.32 Å². The molecule has 84 valence electrons. The second-order valence-electron chi connectivity index (χ2n) is 4.38. The quantitative estimate of drug-likeness (QED) is 0.806. The molecule has 0 amide bonds. The topological polar surface area (TPSA) is 29.9 Å². The first-order valence-corrected chi connectivity index (χ1v) is 6.95. The summed E-state index contributed by atoms with van der Waals surface area (Å²) in [6.07, 6.45) is 8.71. The molecule has 1 heterocycles. The molecule has 1 N–H and O–H groups in total. The van der Waals surface area contributed by atoms with E-state index in [9.17, 15) is 0 Å². The fourth-order valence-corrected chi connectivity index (χ4v) is 2.35. The van der Waals surface area contributed by atoms with Gasteiger partial charge in [0.25, 0.3) is 0 Å². The molecule has 1 aromatic rings. The lowest BCUT2D eigenvalue weighted by atomic mass is 10.2. The van der Waals surface area contributed by atoms with Crippen molar-refractivity contribution in [2.75, 3.05) is 17.3 Å². The summed E-state index contributed by atoms with van der Waals surface area (Å²) in [7, 11) is 0. The molecule has 0 radical (unpaired) electrons. The van der Waals surface area contributed by atoms with Gasteiger partial charge in [-0.1, -0.05) is 6.92 Å². The van der Waals surface area contributed by atoms with Gasteiger partial charge in [-0.15, -0.1) is 0 Å². The van der Waals surface area contributed by atoms with E-state index >= 15 is 0 Å². The molecular weight excluding hydrogens is 206 g/mol. The van der Waals surface area contributed by atoms with E-state index in [-0.39, 0.29) is 0 Å². The molecule has 1 unspecified atom stereocenters. The monoisotopic (exact) mass is 225 g/mol. The van der Waals surface area contributed by atoms with Crippen molar-refractivity contribution in [2.24, 2.45) is 5.92 Å². The summed E-state index contributed by atoms with van der Waals surface area (Å²) in [5.41, 5.74) is 0. The van der Waals surface area contributed by atoms with E-state index in [0.717, 1.165) is 12.5 Å². The van der Waals surface area contributed by atoms with Crippen LogP contribution in [-0.4, -0.2) is 27.6 Å². The fraction of sp³-hybridized carbons (Fsp3) is 0.727. The molecule has 15 heavy (non-hydrogen) atoms. The molecule has 1 aliphatic rings. The molecule has 0 bridgehead atoms. The smallest absolute Gasteiger partial charge is 0.202 e. The molecule has 0 spiro atoms. The van der Waals surface area contributed by atoms with Crippen molar-refractivity contribution < 1.29 is 0 Å². The molecule has 4 heteroatoms. The number of aromatic nitrogens is 2. The summed E-state index contributed by atoms with van der Waals surface area (Å²) in [5.74, 6) is 2.96. The minimum Gasteiger partial charge on any atom is -0.353 e. The van der Waals surface area contributed by atoms with E-state index in [1.807, 2.05) is 18.0 Å². The minimum absolute atomic E-state index is 0.682. The van der Waals surface area contributed by atoms with Crippen LogP contribution in [0.1, 0.15) is 19.8 Å². The molecule has 1 aliphatic carbocycles. The standard InChI is InChI=1S/C11H19N3S/c1-9(8-15-2)7-14-6-5-12-11(14)13-10-3-4-10/h5-6,9-10H,3-4,7-8H2,1-2H3,(H,12,13). The number of hydrogen-bond acceptors (Lipinski definition) is 3. The van der Waals surface area contributed by atoms with Crippen molar-refractivity contribution in [3.8, 4) is 0 Å². The summed E-state index contributed by atoms with van der Waals surface area (Å²) in [6, 6.07) is 0.682. The molecule has 0 saturated heterocycles. The highest BCUT2D eigenvalue weighted by Gasteiger charge is 2.22. The van der Waals surface area contributed by atoms with Crippen LogP contribution in [0.5, 0.6) is 0 Å². The van der Waals surface area contributed by atoms with Crippen LogP contribution >= 0.6 is 11.8 Å². The van der Waals surface area contributed by atoms with Crippen LogP contribution in [0.3, 0.4) is 0 Å². The Bertz CT molecular complexity index is 307. The molecule has 2 rings (SSSR count). The van der Waals surface area contributed by atoms with Gasteiger partial charge in [0.2, 0.25) is 5.95 Å². The first-order valence-electron chi connectivity index (χ1n) is 5.56. The lowest BCUT2D eigenvalue weighted by Gasteiger charge is -2.13. The van der Waals surface area contributed by atoms with E-state index in [0.29, 0.717) is 12.0 Å². The Morgan fingerprint density at radius 3 is 3.13 bits per heavy atom. The van der Waals surface area contributed by atoms with Crippen LogP contribution in [0.4, 0.5) is 5.95 Å². The van der Waals surface area contributed by atoms with E-state index in [2.05, 4.69) is 34.2 Å². The number of nitrogens with one attached hydrogen (secondary N) is 1.